The van der Waals surface area contributed by atoms with Crippen molar-refractivity contribution in [1.82, 2.24) is 4.90 Å². The van der Waals surface area contributed by atoms with E-state index in [4.69, 9.17) is 5.73 Å². The zero-order valence-electron chi connectivity index (χ0n) is 9.39. The summed E-state index contributed by atoms with van der Waals surface area (Å²) in [5, 5.41) is 0. The predicted octanol–water partition coefficient (Wildman–Crippen LogP) is 3.42. The fourth-order valence-electron chi connectivity index (χ4n) is 1.56. The Morgan fingerprint density at radius 1 is 1.29 bits per heavy atom. The van der Waals surface area contributed by atoms with Crippen molar-refractivity contribution in [2.45, 2.75) is 19.6 Å². The van der Waals surface area contributed by atoms with Gasteiger partial charge in [-0.2, -0.15) is 13.2 Å². The molecule has 0 spiro atoms. The first kappa shape index (κ1) is 14.3. The number of rotatable bonds is 4. The third-order valence-electron chi connectivity index (χ3n) is 2.24. The first-order chi connectivity index (χ1) is 7.80. The predicted molar refractivity (Wildman–Crippen MR) is 65.6 cm³/mol. The Morgan fingerprint density at radius 3 is 2.41 bits per heavy atom. The lowest BCUT2D eigenvalue weighted by molar-refractivity contribution is -0.146. The Kier molecular flexibility index (Phi) is 4.82. The van der Waals surface area contributed by atoms with Gasteiger partial charge in [0, 0.05) is 16.7 Å². The molecule has 0 unspecified atom stereocenters. The van der Waals surface area contributed by atoms with E-state index in [0.29, 0.717) is 12.2 Å². The number of nitrogens with two attached hydrogens (primary N) is 1. The van der Waals surface area contributed by atoms with E-state index in [1.165, 1.54) is 4.90 Å². The van der Waals surface area contributed by atoms with Crippen LogP contribution in [0.25, 0.3) is 0 Å². The second-order valence-electron chi connectivity index (χ2n) is 3.81. The van der Waals surface area contributed by atoms with Gasteiger partial charge < -0.3 is 5.73 Å². The van der Waals surface area contributed by atoms with Crippen molar-refractivity contribution in [3.63, 3.8) is 0 Å². The number of nitrogen functional groups attached to an aromatic ring is 1. The summed E-state index contributed by atoms with van der Waals surface area (Å²) in [5.74, 6) is 0. The fourth-order valence-corrected chi connectivity index (χ4v) is 2.12. The second-order valence-corrected chi connectivity index (χ2v) is 4.73. The van der Waals surface area contributed by atoms with Crippen molar-refractivity contribution >= 4 is 21.6 Å². The molecule has 0 saturated carbocycles. The van der Waals surface area contributed by atoms with Gasteiger partial charge in [0.2, 0.25) is 0 Å². The summed E-state index contributed by atoms with van der Waals surface area (Å²) in [4.78, 5) is 1.32. The van der Waals surface area contributed by atoms with Gasteiger partial charge in [-0.1, -0.05) is 22.9 Å². The number of halogens is 4. The standard InChI is InChI=1S/C11H14BrF3N2/c1-2-17(7-11(13,14)15)6-8-3-9(12)5-10(16)4-8/h3-5H,2,6-7,16H2,1H3. The quantitative estimate of drug-likeness (QED) is 0.864. The van der Waals surface area contributed by atoms with Crippen LogP contribution in [0.15, 0.2) is 22.7 Å². The molecule has 1 aromatic rings. The SMILES string of the molecule is CCN(Cc1cc(N)cc(Br)c1)CC(F)(F)F. The van der Waals surface area contributed by atoms with E-state index in [0.717, 1.165) is 10.0 Å². The summed E-state index contributed by atoms with van der Waals surface area (Å²) in [6.45, 7) is 1.37. The third-order valence-corrected chi connectivity index (χ3v) is 2.69. The summed E-state index contributed by atoms with van der Waals surface area (Å²) in [6, 6.07) is 5.17. The van der Waals surface area contributed by atoms with Crippen LogP contribution in [-0.2, 0) is 6.54 Å². The Balaban J connectivity index is 2.73. The number of hydrogen-bond acceptors (Lipinski definition) is 2. The van der Waals surface area contributed by atoms with E-state index in [-0.39, 0.29) is 6.54 Å². The van der Waals surface area contributed by atoms with Crippen LogP contribution in [-0.4, -0.2) is 24.2 Å². The smallest absolute Gasteiger partial charge is 0.399 e. The van der Waals surface area contributed by atoms with E-state index >= 15 is 0 Å². The maximum atomic E-state index is 12.3. The minimum atomic E-state index is -4.17. The van der Waals surface area contributed by atoms with Crippen LogP contribution in [0.5, 0.6) is 0 Å². The monoisotopic (exact) mass is 310 g/mol. The number of alkyl halides is 3. The van der Waals surface area contributed by atoms with Crippen molar-refractivity contribution < 1.29 is 13.2 Å². The summed E-state index contributed by atoms with van der Waals surface area (Å²) < 4.78 is 37.6. The van der Waals surface area contributed by atoms with Crippen LogP contribution in [0.1, 0.15) is 12.5 Å². The minimum absolute atomic E-state index is 0.236. The molecule has 96 valence electrons. The zero-order valence-corrected chi connectivity index (χ0v) is 11.0. The Labute approximate surface area is 107 Å². The minimum Gasteiger partial charge on any atom is -0.399 e. The van der Waals surface area contributed by atoms with Crippen molar-refractivity contribution in [3.8, 4) is 0 Å². The zero-order chi connectivity index (χ0) is 13.1. The number of benzene rings is 1. The second kappa shape index (κ2) is 5.73. The first-order valence-corrected chi connectivity index (χ1v) is 5.93. The molecule has 2 nitrogen and oxygen atoms in total. The summed E-state index contributed by atoms with van der Waals surface area (Å²) >= 11 is 3.27. The summed E-state index contributed by atoms with van der Waals surface area (Å²) in [7, 11) is 0. The fraction of sp³-hybridized carbons (Fsp3) is 0.455. The van der Waals surface area contributed by atoms with Gasteiger partial charge >= 0.3 is 6.18 Å². The largest absolute Gasteiger partial charge is 0.401 e. The molecule has 0 amide bonds. The highest BCUT2D eigenvalue weighted by Gasteiger charge is 2.29. The van der Waals surface area contributed by atoms with Crippen molar-refractivity contribution in [1.29, 1.82) is 0 Å². The highest BCUT2D eigenvalue weighted by atomic mass is 79.9. The number of hydrogen-bond donors (Lipinski definition) is 1. The van der Waals surface area contributed by atoms with Crippen molar-refractivity contribution in [3.05, 3.63) is 28.2 Å². The van der Waals surface area contributed by atoms with Gasteiger partial charge in [-0.25, -0.2) is 0 Å². The number of nitrogens with zero attached hydrogens (tertiary/aromatic N) is 1. The lowest BCUT2D eigenvalue weighted by Gasteiger charge is -2.22. The van der Waals surface area contributed by atoms with Crippen LogP contribution >= 0.6 is 15.9 Å². The summed E-state index contributed by atoms with van der Waals surface area (Å²) in [5.41, 5.74) is 6.94. The van der Waals surface area contributed by atoms with E-state index < -0.39 is 12.7 Å². The maximum absolute atomic E-state index is 12.3. The van der Waals surface area contributed by atoms with E-state index in [1.807, 2.05) is 0 Å². The molecule has 0 heterocycles. The van der Waals surface area contributed by atoms with Crippen molar-refractivity contribution in [2.75, 3.05) is 18.8 Å². The van der Waals surface area contributed by atoms with Gasteiger partial charge in [-0.3, -0.25) is 4.90 Å². The molecule has 0 fully saturated rings. The van der Waals surface area contributed by atoms with Gasteiger partial charge in [0.1, 0.15) is 0 Å². The normalized spacial score (nSPS) is 12.1. The number of anilines is 1. The molecule has 0 radical (unpaired) electrons. The third kappa shape index (κ3) is 5.41. The lowest BCUT2D eigenvalue weighted by Crippen LogP contribution is -2.33. The Bertz CT molecular complexity index is 359. The Hall–Kier alpha value is -0.750. The van der Waals surface area contributed by atoms with Crippen molar-refractivity contribution in [2.24, 2.45) is 0 Å². The van der Waals surface area contributed by atoms with Gasteiger partial charge in [0.15, 0.2) is 0 Å². The van der Waals surface area contributed by atoms with E-state index in [2.05, 4.69) is 15.9 Å². The van der Waals surface area contributed by atoms with E-state index in [9.17, 15) is 13.2 Å². The van der Waals surface area contributed by atoms with Crippen LogP contribution < -0.4 is 5.73 Å². The molecular formula is C11H14BrF3N2. The van der Waals surface area contributed by atoms with Gasteiger partial charge in [-0.15, -0.1) is 0 Å². The Morgan fingerprint density at radius 2 is 1.94 bits per heavy atom. The highest BCUT2D eigenvalue weighted by Crippen LogP contribution is 2.21. The molecule has 1 rings (SSSR count). The molecule has 2 N–H and O–H groups in total. The van der Waals surface area contributed by atoms with Crippen LogP contribution in [0.3, 0.4) is 0 Å². The molecule has 0 aliphatic carbocycles. The summed E-state index contributed by atoms with van der Waals surface area (Å²) in [6.07, 6.45) is -4.17. The van der Waals surface area contributed by atoms with Crippen LogP contribution in [0.4, 0.5) is 18.9 Å². The molecule has 1 aromatic carbocycles. The molecular weight excluding hydrogens is 297 g/mol. The van der Waals surface area contributed by atoms with Crippen LogP contribution in [0, 0.1) is 0 Å². The van der Waals surface area contributed by atoms with E-state index in [1.54, 1.807) is 25.1 Å². The molecule has 0 bridgehead atoms. The molecule has 0 aliphatic rings. The van der Waals surface area contributed by atoms with Gasteiger partial charge in [0.05, 0.1) is 6.54 Å². The highest BCUT2D eigenvalue weighted by molar-refractivity contribution is 9.10. The molecule has 0 aromatic heterocycles. The van der Waals surface area contributed by atoms with Crippen LogP contribution in [0.2, 0.25) is 0 Å². The first-order valence-electron chi connectivity index (χ1n) is 5.14. The van der Waals surface area contributed by atoms with Gasteiger partial charge in [0.25, 0.3) is 0 Å². The van der Waals surface area contributed by atoms with Gasteiger partial charge in [-0.05, 0) is 30.3 Å². The molecule has 6 heteroatoms. The molecule has 0 atom stereocenters. The average Bonchev–Trinajstić information content (AvgIpc) is 2.12. The topological polar surface area (TPSA) is 29.3 Å². The molecule has 0 aliphatic heterocycles. The lowest BCUT2D eigenvalue weighted by atomic mass is 10.2. The maximum Gasteiger partial charge on any atom is 0.401 e. The average molecular weight is 311 g/mol. The molecule has 0 saturated heterocycles. The molecule has 17 heavy (non-hydrogen) atoms.